The molecule has 0 fully saturated rings. The second kappa shape index (κ2) is 19.0. The first-order valence-corrected chi connectivity index (χ1v) is 22.3. The SMILES string of the molecule is CC(C)(C)c1cc(/C=C/c2ccc(/C=C/c3ccc(/C=C/c4ccc(/C=C/c5ccc(/C=C/c6cc(C(C)(C)C)cc(C(C)(C)C)c6)cc5)cc4)cc3)cc2)cc(C(C)(C)C)c1. The van der Waals surface area contributed by atoms with Crippen LogP contribution >= 0.6 is 0 Å². The Labute approximate surface area is 375 Å². The van der Waals surface area contributed by atoms with E-state index in [9.17, 15) is 0 Å². The molecule has 0 saturated heterocycles. The summed E-state index contributed by atoms with van der Waals surface area (Å²) in [5.41, 5.74) is 17.9. The number of benzene rings is 6. The lowest BCUT2D eigenvalue weighted by atomic mass is 9.79. The van der Waals surface area contributed by atoms with Crippen molar-refractivity contribution in [2.24, 2.45) is 0 Å². The maximum atomic E-state index is 2.37. The molecule has 0 radical (unpaired) electrons. The molecule has 6 rings (SSSR count). The first-order valence-electron chi connectivity index (χ1n) is 22.3. The molecule has 0 bridgehead atoms. The van der Waals surface area contributed by atoms with Gasteiger partial charge >= 0.3 is 0 Å². The minimum absolute atomic E-state index is 0.106. The zero-order valence-corrected chi connectivity index (χ0v) is 39.5. The Hall–Kier alpha value is -5.98. The first kappa shape index (κ1) is 45.5. The Kier molecular flexibility index (Phi) is 13.9. The van der Waals surface area contributed by atoms with Gasteiger partial charge in [-0.1, -0.05) is 277 Å². The van der Waals surface area contributed by atoms with Crippen molar-refractivity contribution in [3.63, 3.8) is 0 Å². The summed E-state index contributed by atoms with van der Waals surface area (Å²) in [4.78, 5) is 0. The summed E-state index contributed by atoms with van der Waals surface area (Å²) in [5.74, 6) is 0. The van der Waals surface area contributed by atoms with Crippen LogP contribution in [0.5, 0.6) is 0 Å². The average Bonchev–Trinajstić information content (AvgIpc) is 3.23. The van der Waals surface area contributed by atoms with Crippen LogP contribution in [0, 0.1) is 0 Å². The van der Waals surface area contributed by atoms with Crippen molar-refractivity contribution in [2.75, 3.05) is 0 Å². The zero-order valence-electron chi connectivity index (χ0n) is 39.5. The lowest BCUT2D eigenvalue weighted by Crippen LogP contribution is -2.16. The maximum Gasteiger partial charge on any atom is -0.0132 e. The Bertz CT molecular complexity index is 2320. The van der Waals surface area contributed by atoms with Crippen LogP contribution in [0.25, 0.3) is 60.8 Å². The predicted molar refractivity (Wildman–Crippen MR) is 278 cm³/mol. The van der Waals surface area contributed by atoms with E-state index in [1.54, 1.807) is 0 Å². The lowest BCUT2D eigenvalue weighted by molar-refractivity contribution is 0.568. The third-order valence-corrected chi connectivity index (χ3v) is 11.5. The van der Waals surface area contributed by atoms with Gasteiger partial charge in [0.2, 0.25) is 0 Å². The molecule has 0 unspecified atom stereocenters. The molecule has 0 atom stereocenters. The number of rotatable bonds is 10. The topological polar surface area (TPSA) is 0 Å². The third kappa shape index (κ3) is 13.3. The first-order chi connectivity index (χ1) is 29.2. The van der Waals surface area contributed by atoms with Crippen molar-refractivity contribution < 1.29 is 0 Å². The van der Waals surface area contributed by atoms with Crippen LogP contribution in [0.15, 0.2) is 133 Å². The van der Waals surface area contributed by atoms with Crippen molar-refractivity contribution in [3.8, 4) is 0 Å². The fourth-order valence-electron chi connectivity index (χ4n) is 7.06. The van der Waals surface area contributed by atoms with Crippen molar-refractivity contribution in [1.82, 2.24) is 0 Å². The van der Waals surface area contributed by atoms with Crippen LogP contribution < -0.4 is 0 Å². The number of hydrogen-bond donors (Lipinski definition) is 0. The van der Waals surface area contributed by atoms with Gasteiger partial charge in [0.15, 0.2) is 0 Å². The third-order valence-electron chi connectivity index (χ3n) is 11.5. The summed E-state index contributed by atoms with van der Waals surface area (Å²) >= 11 is 0. The maximum absolute atomic E-state index is 2.37. The van der Waals surface area contributed by atoms with E-state index in [1.165, 1.54) is 77.9 Å². The molecule has 0 aliphatic heterocycles. The Balaban J connectivity index is 1.00. The molecule has 0 amide bonds. The average molecular weight is 813 g/mol. The zero-order chi connectivity index (χ0) is 44.7. The van der Waals surface area contributed by atoms with E-state index in [4.69, 9.17) is 0 Å². The molecule has 0 aliphatic rings. The second-order valence-electron chi connectivity index (χ2n) is 21.0. The molecule has 0 aromatic heterocycles. The summed E-state index contributed by atoms with van der Waals surface area (Å²) in [5, 5.41) is 0. The molecular weight excluding hydrogens is 745 g/mol. The van der Waals surface area contributed by atoms with Crippen molar-refractivity contribution >= 4 is 60.8 Å². The molecule has 0 spiro atoms. The van der Waals surface area contributed by atoms with Crippen LogP contribution in [0.4, 0.5) is 0 Å². The summed E-state index contributed by atoms with van der Waals surface area (Å²) in [6.07, 6.45) is 22.0. The van der Waals surface area contributed by atoms with Gasteiger partial charge in [-0.2, -0.15) is 0 Å². The van der Waals surface area contributed by atoms with Crippen LogP contribution in [0.2, 0.25) is 0 Å². The van der Waals surface area contributed by atoms with E-state index < -0.39 is 0 Å². The van der Waals surface area contributed by atoms with Crippen LogP contribution in [-0.2, 0) is 21.7 Å². The molecule has 62 heavy (non-hydrogen) atoms. The van der Waals surface area contributed by atoms with Crippen molar-refractivity contribution in [3.05, 3.63) is 211 Å². The molecule has 0 heteroatoms. The smallest absolute Gasteiger partial charge is 0.0132 e. The van der Waals surface area contributed by atoms with Crippen LogP contribution in [-0.4, -0.2) is 0 Å². The van der Waals surface area contributed by atoms with Gasteiger partial charge in [0.05, 0.1) is 0 Å². The lowest BCUT2D eigenvalue weighted by Gasteiger charge is -2.25. The van der Waals surface area contributed by atoms with E-state index in [0.717, 1.165) is 0 Å². The minimum atomic E-state index is 0.106. The van der Waals surface area contributed by atoms with Crippen LogP contribution in [0.3, 0.4) is 0 Å². The van der Waals surface area contributed by atoms with Gasteiger partial charge in [-0.05, 0) is 99.5 Å². The van der Waals surface area contributed by atoms with E-state index >= 15 is 0 Å². The van der Waals surface area contributed by atoms with Gasteiger partial charge in [-0.25, -0.2) is 0 Å². The highest BCUT2D eigenvalue weighted by Gasteiger charge is 2.21. The molecular formula is C62H68. The van der Waals surface area contributed by atoms with Crippen molar-refractivity contribution in [1.29, 1.82) is 0 Å². The summed E-state index contributed by atoms with van der Waals surface area (Å²) < 4.78 is 0. The highest BCUT2D eigenvalue weighted by Crippen LogP contribution is 2.33. The fourth-order valence-corrected chi connectivity index (χ4v) is 7.06. The molecule has 316 valence electrons. The molecule has 0 heterocycles. The van der Waals surface area contributed by atoms with E-state index in [2.05, 4.69) is 277 Å². The van der Waals surface area contributed by atoms with Gasteiger partial charge in [-0.15, -0.1) is 0 Å². The Morgan fingerprint density at radius 2 is 0.323 bits per heavy atom. The molecule has 0 nitrogen and oxygen atoms in total. The van der Waals surface area contributed by atoms with E-state index in [1.807, 2.05) is 0 Å². The van der Waals surface area contributed by atoms with Gasteiger partial charge in [0.25, 0.3) is 0 Å². The summed E-state index contributed by atoms with van der Waals surface area (Å²) in [7, 11) is 0. The molecule has 6 aromatic rings. The quantitative estimate of drug-likeness (QED) is 0.121. The van der Waals surface area contributed by atoms with Crippen LogP contribution in [0.1, 0.15) is 161 Å². The fraction of sp³-hybridized carbons (Fsp3) is 0.258. The largest absolute Gasteiger partial charge is 0.0561 e. The second-order valence-corrected chi connectivity index (χ2v) is 21.0. The van der Waals surface area contributed by atoms with Gasteiger partial charge < -0.3 is 0 Å². The minimum Gasteiger partial charge on any atom is -0.0561 e. The molecule has 0 N–H and O–H groups in total. The summed E-state index contributed by atoms with van der Waals surface area (Å²) in [6, 6.07) is 49.0. The number of hydrogen-bond acceptors (Lipinski definition) is 0. The monoisotopic (exact) mass is 813 g/mol. The van der Waals surface area contributed by atoms with Gasteiger partial charge in [0.1, 0.15) is 0 Å². The highest BCUT2D eigenvalue weighted by atomic mass is 14.3. The van der Waals surface area contributed by atoms with E-state index in [0.29, 0.717) is 0 Å². The van der Waals surface area contributed by atoms with E-state index in [-0.39, 0.29) is 21.7 Å². The standard InChI is InChI=1S/C62H68/c1-59(2,3)55-39-53(40-56(43-55)60(4,5)6)37-35-51-31-27-49(28-32-51)25-23-47-19-15-45(16-20-47)13-14-46-17-21-48(22-18-46)24-26-50-29-33-52(34-30-50)36-38-54-41-57(61(7,8)9)44-58(42-54)62(10,11)12/h13-44H,1-12H3/b14-13+,25-23+,26-24+,37-35+,38-36+. The summed E-state index contributed by atoms with van der Waals surface area (Å²) in [6.45, 7) is 27.4. The normalized spacial score (nSPS) is 13.2. The van der Waals surface area contributed by atoms with Gasteiger partial charge in [-0.3, -0.25) is 0 Å². The molecule has 6 aromatic carbocycles. The van der Waals surface area contributed by atoms with Gasteiger partial charge in [0, 0.05) is 0 Å². The Morgan fingerprint density at radius 3 is 0.452 bits per heavy atom. The van der Waals surface area contributed by atoms with Crippen molar-refractivity contribution in [2.45, 2.75) is 105 Å². The Morgan fingerprint density at radius 1 is 0.194 bits per heavy atom. The molecule has 0 saturated carbocycles. The highest BCUT2D eigenvalue weighted by molar-refractivity contribution is 5.77. The molecule has 0 aliphatic carbocycles. The predicted octanol–water partition coefficient (Wildman–Crippen LogP) is 17.7.